The molecule has 1 aliphatic rings. The van der Waals surface area contributed by atoms with Crippen molar-refractivity contribution in [2.75, 3.05) is 3.11 Å². The van der Waals surface area contributed by atoms with Crippen molar-refractivity contribution in [3.63, 3.8) is 0 Å². The number of anilines is 1. The van der Waals surface area contributed by atoms with Crippen LogP contribution in [0.1, 0.15) is 41.5 Å². The van der Waals surface area contributed by atoms with Crippen molar-refractivity contribution < 1.29 is 27.9 Å². The molecule has 0 bridgehead atoms. The summed E-state index contributed by atoms with van der Waals surface area (Å²) in [6, 6.07) is -0.817. The number of amides is 2. The minimum Gasteiger partial charge on any atom is -0.335 e. The van der Waals surface area contributed by atoms with Crippen molar-refractivity contribution in [2.24, 2.45) is 5.92 Å². The summed E-state index contributed by atoms with van der Waals surface area (Å²) in [6.45, 7) is 3.54. The van der Waals surface area contributed by atoms with E-state index in [1.807, 2.05) is 22.9 Å². The van der Waals surface area contributed by atoms with E-state index in [9.17, 15) is 22.8 Å². The number of fused-ring (bicyclic) bond motifs is 1. The van der Waals surface area contributed by atoms with Gasteiger partial charge in [-0.15, -0.1) is 5.10 Å². The Hall–Kier alpha value is -2.12. The van der Waals surface area contributed by atoms with Gasteiger partial charge in [0.25, 0.3) is 11.6 Å². The monoisotopic (exact) mass is 525 g/mol. The van der Waals surface area contributed by atoms with E-state index in [1.54, 1.807) is 23.9 Å². The number of rotatable bonds is 5. The predicted molar refractivity (Wildman–Crippen MR) is 105 cm³/mol. The fourth-order valence-corrected chi connectivity index (χ4v) is 4.07. The third-order valence-electron chi connectivity index (χ3n) is 5.09. The third kappa shape index (κ3) is 4.41. The number of aryl methyl sites for hydroxylation is 2. The summed E-state index contributed by atoms with van der Waals surface area (Å²) in [5.74, 6) is -2.06. The van der Waals surface area contributed by atoms with Gasteiger partial charge in [-0.25, -0.2) is 8.10 Å². The number of aromatic nitrogens is 4. The van der Waals surface area contributed by atoms with Gasteiger partial charge in [0.1, 0.15) is 6.04 Å². The number of alkyl halides is 3. The molecule has 12 heteroatoms. The Morgan fingerprint density at radius 1 is 1.52 bits per heavy atom. The van der Waals surface area contributed by atoms with E-state index in [1.165, 1.54) is 10.0 Å². The first-order chi connectivity index (χ1) is 13.6. The molecule has 0 aliphatic carbocycles. The van der Waals surface area contributed by atoms with Crippen molar-refractivity contribution in [3.8, 4) is 0 Å². The molecule has 2 amide bonds. The van der Waals surface area contributed by atoms with Gasteiger partial charge in [-0.3, -0.25) is 9.59 Å². The lowest BCUT2D eigenvalue weighted by atomic mass is 9.94. The topological polar surface area (TPSA) is 97.2 Å². The molecule has 0 aromatic carbocycles. The maximum atomic E-state index is 13.2. The molecule has 2 aromatic rings. The summed E-state index contributed by atoms with van der Waals surface area (Å²) in [6.07, 6.45) is -1.10. The second kappa shape index (κ2) is 8.32. The molecule has 0 spiro atoms. The fourth-order valence-electron chi connectivity index (χ4n) is 3.33. The zero-order chi connectivity index (χ0) is 21.3. The highest BCUT2D eigenvalue weighted by atomic mass is 127. The van der Waals surface area contributed by atoms with Crippen molar-refractivity contribution in [3.05, 3.63) is 29.3 Å². The average molecular weight is 525 g/mol. The Kier molecular flexibility index (Phi) is 6.19. The zero-order valence-corrected chi connectivity index (χ0v) is 18.0. The Balaban J connectivity index is 1.78. The number of carbonyl (C=O) groups is 2. The second-order valence-corrected chi connectivity index (χ2v) is 7.90. The first-order valence-corrected chi connectivity index (χ1v) is 10.1. The number of nitrogens with zero attached hydrogens (tertiary/aromatic N) is 3. The lowest BCUT2D eigenvalue weighted by Gasteiger charge is -2.19. The van der Waals surface area contributed by atoms with E-state index in [0.29, 0.717) is 24.6 Å². The molecule has 0 saturated heterocycles. The van der Waals surface area contributed by atoms with Crippen LogP contribution in [0.4, 0.5) is 19.1 Å². The Labute approximate surface area is 178 Å². The molecular weight excluding hydrogens is 504 g/mol. The predicted octanol–water partition coefficient (Wildman–Crippen LogP) is 2.35. The smallest absolute Gasteiger partial charge is 0.335 e. The first kappa shape index (κ1) is 21.6. The molecule has 1 aliphatic heterocycles. The normalized spacial score (nSPS) is 18.3. The van der Waals surface area contributed by atoms with Crippen LogP contribution >= 0.6 is 22.9 Å². The van der Waals surface area contributed by atoms with E-state index < -0.39 is 24.0 Å². The maximum Gasteiger partial charge on any atom is 0.392 e. The van der Waals surface area contributed by atoms with Gasteiger partial charge < -0.3 is 9.88 Å². The molecule has 3 heterocycles. The van der Waals surface area contributed by atoms with Gasteiger partial charge in [-0.1, -0.05) is 6.92 Å². The highest BCUT2D eigenvalue weighted by Crippen LogP contribution is 2.32. The number of aromatic amines is 2. The minimum absolute atomic E-state index is 0.0139. The molecule has 3 rings (SSSR count). The highest BCUT2D eigenvalue weighted by molar-refractivity contribution is 14.1. The van der Waals surface area contributed by atoms with Crippen LogP contribution in [-0.4, -0.2) is 38.7 Å². The molecular formula is C17H21F3IN6O2+. The molecule has 0 radical (unpaired) electrons. The van der Waals surface area contributed by atoms with Crippen LogP contribution in [0.15, 0.2) is 12.4 Å². The average Bonchev–Trinajstić information content (AvgIpc) is 3.24. The van der Waals surface area contributed by atoms with Crippen LogP contribution in [0.2, 0.25) is 0 Å². The summed E-state index contributed by atoms with van der Waals surface area (Å²) >= 11 is 1.82. The standard InChI is InChI=1S/C17H20F3IN6O2/c1-3-10(17(18,19)20)8-11-9(2)24-25-13(11)14(28)23-12-4-6-26-7-5-22-16(26)27(21)15(12)29/h5,7,10,12H,3-4,6,8H2,1-2H3,(H,23,28)(H,24,25)/p+1/t10-,12?/m0/s1. The summed E-state index contributed by atoms with van der Waals surface area (Å²) in [7, 11) is 0. The Morgan fingerprint density at radius 3 is 2.90 bits per heavy atom. The number of carbonyl (C=O) groups excluding carboxylic acids is 2. The molecule has 29 heavy (non-hydrogen) atoms. The minimum atomic E-state index is -4.36. The third-order valence-corrected chi connectivity index (χ3v) is 5.99. The Bertz CT molecular complexity index is 909. The van der Waals surface area contributed by atoms with Crippen LogP contribution in [-0.2, 0) is 17.8 Å². The van der Waals surface area contributed by atoms with Crippen LogP contribution in [0.3, 0.4) is 0 Å². The molecule has 0 fully saturated rings. The molecule has 0 saturated carbocycles. The number of hydrogen-bond donors (Lipinski definition) is 2. The largest absolute Gasteiger partial charge is 0.392 e. The fraction of sp³-hybridized carbons (Fsp3) is 0.529. The van der Waals surface area contributed by atoms with E-state index in [-0.39, 0.29) is 30.0 Å². The molecule has 2 atom stereocenters. The van der Waals surface area contributed by atoms with Gasteiger partial charge in [0, 0.05) is 18.9 Å². The van der Waals surface area contributed by atoms with Crippen molar-refractivity contribution in [1.29, 1.82) is 0 Å². The number of H-pyrrole nitrogens is 2. The maximum absolute atomic E-state index is 13.2. The summed E-state index contributed by atoms with van der Waals surface area (Å²) in [5, 5.41) is 8.02. The lowest BCUT2D eigenvalue weighted by molar-refractivity contribution is -0.453. The van der Waals surface area contributed by atoms with Crippen LogP contribution in [0.25, 0.3) is 0 Å². The first-order valence-electron chi connectivity index (χ1n) is 9.11. The molecule has 1 unspecified atom stereocenters. The van der Waals surface area contributed by atoms with Gasteiger partial charge in [0.2, 0.25) is 5.95 Å². The van der Waals surface area contributed by atoms with Crippen LogP contribution in [0, 0.1) is 12.8 Å². The number of hydrogen-bond acceptors (Lipinski definition) is 3. The Morgan fingerprint density at radius 2 is 2.24 bits per heavy atom. The van der Waals surface area contributed by atoms with Crippen LogP contribution in [0.5, 0.6) is 0 Å². The number of halogens is 4. The second-order valence-electron chi connectivity index (χ2n) is 6.93. The van der Waals surface area contributed by atoms with Crippen molar-refractivity contribution in [1.82, 2.24) is 20.0 Å². The number of nitrogens with one attached hydrogen (secondary N) is 3. The van der Waals surface area contributed by atoms with Gasteiger partial charge in [0.05, 0.1) is 40.0 Å². The molecule has 3 N–H and O–H groups in total. The quantitative estimate of drug-likeness (QED) is 0.464. The molecule has 2 aromatic heterocycles. The highest BCUT2D eigenvalue weighted by Gasteiger charge is 2.41. The van der Waals surface area contributed by atoms with E-state index >= 15 is 0 Å². The van der Waals surface area contributed by atoms with E-state index in [4.69, 9.17) is 0 Å². The van der Waals surface area contributed by atoms with Gasteiger partial charge in [0.15, 0.2) is 0 Å². The van der Waals surface area contributed by atoms with Crippen molar-refractivity contribution in [2.45, 2.75) is 51.9 Å². The van der Waals surface area contributed by atoms with E-state index in [0.717, 1.165) is 0 Å². The lowest BCUT2D eigenvalue weighted by Crippen LogP contribution is -2.46. The SMILES string of the molecule is CC[C@@H](Cc1c(C)[nH][nH+]c1C(=O)NC1CCn2ccnc2N(I)C1=O)C(F)(F)F. The van der Waals surface area contributed by atoms with Crippen LogP contribution < -0.4 is 13.5 Å². The van der Waals surface area contributed by atoms with E-state index in [2.05, 4.69) is 20.5 Å². The summed E-state index contributed by atoms with van der Waals surface area (Å²) in [5.41, 5.74) is 0.743. The number of imidazole rings is 1. The summed E-state index contributed by atoms with van der Waals surface area (Å²) in [4.78, 5) is 29.6. The van der Waals surface area contributed by atoms with Gasteiger partial charge in [-0.2, -0.15) is 18.3 Å². The molecule has 158 valence electrons. The summed E-state index contributed by atoms with van der Waals surface area (Å²) < 4.78 is 42.8. The van der Waals surface area contributed by atoms with Gasteiger partial charge >= 0.3 is 12.1 Å². The van der Waals surface area contributed by atoms with Gasteiger partial charge in [-0.05, 0) is 26.2 Å². The molecule has 8 nitrogen and oxygen atoms in total. The van der Waals surface area contributed by atoms with Crippen molar-refractivity contribution >= 4 is 40.6 Å². The zero-order valence-electron chi connectivity index (χ0n) is 15.8.